The van der Waals surface area contributed by atoms with E-state index < -0.39 is 0 Å². The summed E-state index contributed by atoms with van der Waals surface area (Å²) in [6, 6.07) is 10.2. The van der Waals surface area contributed by atoms with Crippen LogP contribution in [-0.2, 0) is 11.3 Å². The molecule has 0 radical (unpaired) electrons. The summed E-state index contributed by atoms with van der Waals surface area (Å²) in [5.41, 5.74) is 3.36. The molecule has 154 valence electrons. The Bertz CT molecular complexity index is 1010. The van der Waals surface area contributed by atoms with Gasteiger partial charge in [-0.25, -0.2) is 0 Å². The SMILES string of the molecule is Cc1ccc(C)c(-n2c(C)nnc2SCC(=O)N(Cc2ccc(C)o2)C(C)C)c1. The van der Waals surface area contributed by atoms with Gasteiger partial charge in [0.25, 0.3) is 0 Å². The predicted octanol–water partition coefficient (Wildman–Crippen LogP) is 4.62. The van der Waals surface area contributed by atoms with Gasteiger partial charge in [0.2, 0.25) is 5.91 Å². The van der Waals surface area contributed by atoms with Crippen molar-refractivity contribution in [3.63, 3.8) is 0 Å². The van der Waals surface area contributed by atoms with Crippen molar-refractivity contribution in [2.45, 2.75) is 59.3 Å². The molecule has 2 heterocycles. The van der Waals surface area contributed by atoms with Crippen molar-refractivity contribution in [1.82, 2.24) is 19.7 Å². The number of aryl methyl sites for hydroxylation is 4. The highest BCUT2D eigenvalue weighted by atomic mass is 32.2. The van der Waals surface area contributed by atoms with Crippen LogP contribution < -0.4 is 0 Å². The Labute approximate surface area is 176 Å². The lowest BCUT2D eigenvalue weighted by Crippen LogP contribution is -2.37. The minimum atomic E-state index is 0.0484. The van der Waals surface area contributed by atoms with Crippen LogP contribution in [0.4, 0.5) is 0 Å². The Balaban J connectivity index is 1.77. The van der Waals surface area contributed by atoms with Crippen LogP contribution in [0.2, 0.25) is 0 Å². The molecule has 1 aromatic carbocycles. The van der Waals surface area contributed by atoms with Gasteiger partial charge in [0, 0.05) is 6.04 Å². The fraction of sp³-hybridized carbons (Fsp3) is 0.409. The summed E-state index contributed by atoms with van der Waals surface area (Å²) < 4.78 is 7.68. The van der Waals surface area contributed by atoms with Gasteiger partial charge in [-0.05, 0) is 70.9 Å². The molecule has 3 aromatic rings. The highest BCUT2D eigenvalue weighted by Gasteiger charge is 2.21. The highest BCUT2D eigenvalue weighted by molar-refractivity contribution is 7.99. The number of rotatable bonds is 7. The molecule has 6 nitrogen and oxygen atoms in total. The van der Waals surface area contributed by atoms with Crippen LogP contribution in [0.5, 0.6) is 0 Å². The van der Waals surface area contributed by atoms with Crippen molar-refractivity contribution in [3.05, 3.63) is 58.8 Å². The molecule has 0 N–H and O–H groups in total. The van der Waals surface area contributed by atoms with Crippen molar-refractivity contribution in [3.8, 4) is 5.69 Å². The summed E-state index contributed by atoms with van der Waals surface area (Å²) in [5.74, 6) is 2.79. The monoisotopic (exact) mass is 412 g/mol. The topological polar surface area (TPSA) is 64.2 Å². The third-order valence-electron chi connectivity index (χ3n) is 4.79. The summed E-state index contributed by atoms with van der Waals surface area (Å²) in [6.07, 6.45) is 0. The first kappa shape index (κ1) is 21.2. The first-order valence-corrected chi connectivity index (χ1v) is 10.7. The maximum Gasteiger partial charge on any atom is 0.233 e. The lowest BCUT2D eigenvalue weighted by Gasteiger charge is -2.25. The van der Waals surface area contributed by atoms with E-state index in [1.807, 2.05) is 49.3 Å². The molecule has 0 atom stereocenters. The number of carbonyl (C=O) groups is 1. The molecule has 3 rings (SSSR count). The van der Waals surface area contributed by atoms with E-state index in [2.05, 4.69) is 42.2 Å². The van der Waals surface area contributed by atoms with Crippen LogP contribution in [0, 0.1) is 27.7 Å². The van der Waals surface area contributed by atoms with Crippen LogP contribution in [0.1, 0.15) is 42.3 Å². The molecular weight excluding hydrogens is 384 g/mol. The Morgan fingerprint density at radius 1 is 1.14 bits per heavy atom. The number of thioether (sulfide) groups is 1. The fourth-order valence-electron chi connectivity index (χ4n) is 3.18. The van der Waals surface area contributed by atoms with E-state index in [1.165, 1.54) is 17.3 Å². The zero-order valence-electron chi connectivity index (χ0n) is 17.9. The molecule has 0 saturated heterocycles. The first-order chi connectivity index (χ1) is 13.8. The molecule has 0 bridgehead atoms. The van der Waals surface area contributed by atoms with Crippen molar-refractivity contribution >= 4 is 17.7 Å². The summed E-state index contributed by atoms with van der Waals surface area (Å²) >= 11 is 1.41. The van der Waals surface area contributed by atoms with Gasteiger partial charge in [-0.2, -0.15) is 0 Å². The number of aromatic nitrogens is 3. The number of amides is 1. The molecule has 0 saturated carbocycles. The maximum absolute atomic E-state index is 13.0. The molecule has 2 aromatic heterocycles. The van der Waals surface area contributed by atoms with E-state index >= 15 is 0 Å². The smallest absolute Gasteiger partial charge is 0.233 e. The van der Waals surface area contributed by atoms with E-state index in [9.17, 15) is 4.79 Å². The molecule has 0 aliphatic heterocycles. The van der Waals surface area contributed by atoms with Gasteiger partial charge >= 0.3 is 0 Å². The Morgan fingerprint density at radius 2 is 1.90 bits per heavy atom. The summed E-state index contributed by atoms with van der Waals surface area (Å²) in [6.45, 7) is 12.5. The number of benzene rings is 1. The van der Waals surface area contributed by atoms with Crippen LogP contribution in [0.3, 0.4) is 0 Å². The Morgan fingerprint density at radius 3 is 2.55 bits per heavy atom. The van der Waals surface area contributed by atoms with Gasteiger partial charge < -0.3 is 9.32 Å². The molecule has 29 heavy (non-hydrogen) atoms. The van der Waals surface area contributed by atoms with E-state index in [-0.39, 0.29) is 11.9 Å². The van der Waals surface area contributed by atoms with Crippen molar-refractivity contribution in [2.24, 2.45) is 0 Å². The van der Waals surface area contributed by atoms with Gasteiger partial charge in [0.05, 0.1) is 18.0 Å². The summed E-state index contributed by atoms with van der Waals surface area (Å²) in [4.78, 5) is 14.8. The summed E-state index contributed by atoms with van der Waals surface area (Å²) in [5, 5.41) is 9.28. The zero-order chi connectivity index (χ0) is 21.1. The largest absolute Gasteiger partial charge is 0.464 e. The van der Waals surface area contributed by atoms with E-state index in [0.717, 1.165) is 33.8 Å². The minimum absolute atomic E-state index is 0.0484. The molecule has 1 amide bonds. The molecular formula is C22H28N4O2S. The van der Waals surface area contributed by atoms with Crippen LogP contribution in [0.15, 0.2) is 39.9 Å². The predicted molar refractivity (Wildman–Crippen MR) is 115 cm³/mol. The number of nitrogens with zero attached hydrogens (tertiary/aromatic N) is 4. The number of hydrogen-bond acceptors (Lipinski definition) is 5. The number of furan rings is 1. The van der Waals surface area contributed by atoms with Gasteiger partial charge in [0.15, 0.2) is 5.16 Å². The average Bonchev–Trinajstić information content (AvgIpc) is 3.24. The summed E-state index contributed by atoms with van der Waals surface area (Å²) in [7, 11) is 0. The lowest BCUT2D eigenvalue weighted by atomic mass is 10.1. The normalized spacial score (nSPS) is 11.3. The molecule has 0 fully saturated rings. The molecule has 0 aliphatic rings. The highest BCUT2D eigenvalue weighted by Crippen LogP contribution is 2.25. The van der Waals surface area contributed by atoms with Crippen molar-refractivity contribution in [1.29, 1.82) is 0 Å². The van der Waals surface area contributed by atoms with Crippen molar-refractivity contribution < 1.29 is 9.21 Å². The van der Waals surface area contributed by atoms with Gasteiger partial charge in [-0.15, -0.1) is 10.2 Å². The minimum Gasteiger partial charge on any atom is -0.464 e. The van der Waals surface area contributed by atoms with Crippen LogP contribution >= 0.6 is 11.8 Å². The molecule has 0 aliphatic carbocycles. The second-order valence-electron chi connectivity index (χ2n) is 7.57. The van der Waals surface area contributed by atoms with Gasteiger partial charge in [0.1, 0.15) is 17.3 Å². The third kappa shape index (κ3) is 4.90. The maximum atomic E-state index is 13.0. The second-order valence-corrected chi connectivity index (χ2v) is 8.51. The molecule has 0 unspecified atom stereocenters. The number of hydrogen-bond donors (Lipinski definition) is 0. The van der Waals surface area contributed by atoms with E-state index in [4.69, 9.17) is 4.42 Å². The van der Waals surface area contributed by atoms with E-state index in [0.29, 0.717) is 12.3 Å². The fourth-order valence-corrected chi connectivity index (χ4v) is 4.06. The number of carbonyl (C=O) groups excluding carboxylic acids is 1. The van der Waals surface area contributed by atoms with Gasteiger partial charge in [-0.1, -0.05) is 23.9 Å². The zero-order valence-corrected chi connectivity index (χ0v) is 18.7. The molecule has 7 heteroatoms. The second kappa shape index (κ2) is 8.86. The van der Waals surface area contributed by atoms with E-state index in [1.54, 1.807) is 0 Å². The molecule has 0 spiro atoms. The Hall–Kier alpha value is -2.54. The van der Waals surface area contributed by atoms with Crippen molar-refractivity contribution in [2.75, 3.05) is 5.75 Å². The standard InChI is InChI=1S/C22H28N4O2S/c1-14(2)25(12-19-10-9-17(5)28-19)21(27)13-29-22-24-23-18(6)26(22)20-11-15(3)7-8-16(20)4/h7-11,14H,12-13H2,1-6H3. The lowest BCUT2D eigenvalue weighted by molar-refractivity contribution is -0.130. The van der Waals surface area contributed by atoms with Crippen LogP contribution in [0.25, 0.3) is 5.69 Å². The average molecular weight is 413 g/mol. The Kier molecular flexibility index (Phi) is 6.47. The van der Waals surface area contributed by atoms with Gasteiger partial charge in [-0.3, -0.25) is 9.36 Å². The third-order valence-corrected chi connectivity index (χ3v) is 5.71. The van der Waals surface area contributed by atoms with Crippen LogP contribution in [-0.4, -0.2) is 37.4 Å². The first-order valence-electron chi connectivity index (χ1n) is 9.73. The quantitative estimate of drug-likeness (QED) is 0.530.